The second-order valence-corrected chi connectivity index (χ2v) is 8.93. The Morgan fingerprint density at radius 1 is 1.17 bits per heavy atom. The van der Waals surface area contributed by atoms with E-state index in [1.54, 1.807) is 0 Å². The first-order valence-electron chi connectivity index (χ1n) is 9.43. The van der Waals surface area contributed by atoms with Crippen molar-refractivity contribution >= 4 is 40.0 Å². The lowest BCUT2D eigenvalue weighted by atomic mass is 10.1. The van der Waals surface area contributed by atoms with Crippen molar-refractivity contribution in [3.63, 3.8) is 0 Å². The molecule has 0 saturated carbocycles. The molecule has 3 rings (SSSR count). The van der Waals surface area contributed by atoms with E-state index in [1.807, 2.05) is 43.7 Å². The Balaban J connectivity index is 1.59. The average molecular weight is 445 g/mol. The molecule has 0 saturated heterocycles. The Morgan fingerprint density at radius 2 is 1.90 bits per heavy atom. The molecule has 0 radical (unpaired) electrons. The number of benzene rings is 1. The van der Waals surface area contributed by atoms with E-state index < -0.39 is 5.97 Å². The molecule has 30 heavy (non-hydrogen) atoms. The Hall–Kier alpha value is -2.65. The maximum Gasteiger partial charge on any atom is 0.341 e. The van der Waals surface area contributed by atoms with E-state index in [-0.39, 0.29) is 11.7 Å². The predicted octanol–water partition coefficient (Wildman–Crippen LogP) is 3.80. The number of thioether (sulfide) groups is 1. The van der Waals surface area contributed by atoms with Gasteiger partial charge in [0.15, 0.2) is 5.16 Å². The highest BCUT2D eigenvalue weighted by atomic mass is 32.2. The molecule has 7 nitrogen and oxygen atoms in total. The molecule has 1 N–H and O–H groups in total. The first-order chi connectivity index (χ1) is 14.4. The molecule has 1 aromatic carbocycles. The standard InChI is InChI=1S/C21H24N4O3S2/c1-13-14(2)30-19(18(13)20(27)28-4)22-17(26)12-29-21-24-23-16(25(21)3)11-10-15-8-6-5-7-9-15/h5-9H,10-12H2,1-4H3,(H,22,26). The number of rotatable bonds is 8. The fourth-order valence-electron chi connectivity index (χ4n) is 2.94. The molecule has 0 unspecified atom stereocenters. The van der Waals surface area contributed by atoms with E-state index in [0.717, 1.165) is 29.1 Å². The van der Waals surface area contributed by atoms with Crippen LogP contribution in [-0.4, -0.2) is 39.5 Å². The van der Waals surface area contributed by atoms with Crippen molar-refractivity contribution in [2.75, 3.05) is 18.2 Å². The smallest absolute Gasteiger partial charge is 0.341 e. The second-order valence-electron chi connectivity index (χ2n) is 6.76. The summed E-state index contributed by atoms with van der Waals surface area (Å²) >= 11 is 2.68. The number of ether oxygens (including phenoxy) is 1. The third-order valence-electron chi connectivity index (χ3n) is 4.77. The number of nitrogens with zero attached hydrogens (tertiary/aromatic N) is 3. The largest absolute Gasteiger partial charge is 0.465 e. The van der Waals surface area contributed by atoms with Crippen molar-refractivity contribution in [2.24, 2.45) is 7.05 Å². The molecule has 0 aliphatic heterocycles. The van der Waals surface area contributed by atoms with Crippen molar-refractivity contribution in [3.8, 4) is 0 Å². The zero-order valence-electron chi connectivity index (χ0n) is 17.4. The van der Waals surface area contributed by atoms with Gasteiger partial charge in [0.25, 0.3) is 0 Å². The van der Waals surface area contributed by atoms with Gasteiger partial charge >= 0.3 is 5.97 Å². The number of hydrogen-bond acceptors (Lipinski definition) is 7. The summed E-state index contributed by atoms with van der Waals surface area (Å²) in [5, 5.41) is 12.5. The van der Waals surface area contributed by atoms with Gasteiger partial charge in [-0.15, -0.1) is 21.5 Å². The van der Waals surface area contributed by atoms with Crippen molar-refractivity contribution < 1.29 is 14.3 Å². The van der Waals surface area contributed by atoms with Gasteiger partial charge in [0.1, 0.15) is 10.8 Å². The quantitative estimate of drug-likeness (QED) is 0.420. The highest BCUT2D eigenvalue weighted by Crippen LogP contribution is 2.33. The minimum atomic E-state index is -0.448. The van der Waals surface area contributed by atoms with Crippen LogP contribution < -0.4 is 5.32 Å². The van der Waals surface area contributed by atoms with Gasteiger partial charge in [-0.25, -0.2) is 4.79 Å². The number of hydrogen-bond donors (Lipinski definition) is 1. The maximum atomic E-state index is 12.5. The van der Waals surface area contributed by atoms with Crippen molar-refractivity contribution in [3.05, 3.63) is 57.7 Å². The van der Waals surface area contributed by atoms with Crippen LogP contribution in [-0.2, 0) is 29.4 Å². The number of methoxy groups -OCH3 is 1. The number of aryl methyl sites for hydroxylation is 3. The second kappa shape index (κ2) is 9.90. The molecular weight excluding hydrogens is 420 g/mol. The molecule has 2 heterocycles. The minimum absolute atomic E-state index is 0.168. The normalized spacial score (nSPS) is 10.8. The highest BCUT2D eigenvalue weighted by Gasteiger charge is 2.22. The van der Waals surface area contributed by atoms with Crippen LogP contribution in [0, 0.1) is 13.8 Å². The van der Waals surface area contributed by atoms with Crippen LogP contribution >= 0.6 is 23.1 Å². The number of thiophene rings is 1. The summed E-state index contributed by atoms with van der Waals surface area (Å²) in [7, 11) is 3.24. The molecule has 2 aromatic heterocycles. The van der Waals surface area contributed by atoms with Gasteiger partial charge in [-0.3, -0.25) is 4.79 Å². The van der Waals surface area contributed by atoms with Gasteiger partial charge < -0.3 is 14.6 Å². The van der Waals surface area contributed by atoms with Gasteiger partial charge in [0.2, 0.25) is 5.91 Å². The summed E-state index contributed by atoms with van der Waals surface area (Å²) in [5.74, 6) is 0.386. The molecule has 0 aliphatic rings. The lowest BCUT2D eigenvalue weighted by molar-refractivity contribution is -0.113. The maximum absolute atomic E-state index is 12.5. The zero-order chi connectivity index (χ0) is 21.7. The molecule has 9 heteroatoms. The summed E-state index contributed by atoms with van der Waals surface area (Å²) in [6, 6.07) is 10.2. The van der Waals surface area contributed by atoms with E-state index in [9.17, 15) is 9.59 Å². The number of carbonyl (C=O) groups is 2. The summed E-state index contributed by atoms with van der Waals surface area (Å²) in [6.45, 7) is 3.76. The van der Waals surface area contributed by atoms with Crippen molar-refractivity contribution in [1.29, 1.82) is 0 Å². The van der Waals surface area contributed by atoms with Crippen LogP contribution in [0.5, 0.6) is 0 Å². The molecule has 0 atom stereocenters. The lowest BCUT2D eigenvalue weighted by Gasteiger charge is -2.06. The van der Waals surface area contributed by atoms with Crippen LogP contribution in [0.25, 0.3) is 0 Å². The topological polar surface area (TPSA) is 86.1 Å². The van der Waals surface area contributed by atoms with Crippen molar-refractivity contribution in [2.45, 2.75) is 31.8 Å². The van der Waals surface area contributed by atoms with Gasteiger partial charge in [-0.1, -0.05) is 42.1 Å². The summed E-state index contributed by atoms with van der Waals surface area (Å²) in [6.07, 6.45) is 1.65. The van der Waals surface area contributed by atoms with Crippen LogP contribution in [0.3, 0.4) is 0 Å². The molecule has 3 aromatic rings. The zero-order valence-corrected chi connectivity index (χ0v) is 19.0. The van der Waals surface area contributed by atoms with E-state index in [0.29, 0.717) is 15.7 Å². The summed E-state index contributed by atoms with van der Waals surface area (Å²) in [5.41, 5.74) is 2.49. The molecule has 0 bridgehead atoms. The van der Waals surface area contributed by atoms with Crippen molar-refractivity contribution in [1.82, 2.24) is 14.8 Å². The Labute approximate surface area is 183 Å². The number of carbonyl (C=O) groups excluding carboxylic acids is 2. The summed E-state index contributed by atoms with van der Waals surface area (Å²) in [4.78, 5) is 25.5. The number of nitrogens with one attached hydrogen (secondary N) is 1. The lowest BCUT2D eigenvalue weighted by Crippen LogP contribution is -2.16. The fraction of sp³-hybridized carbons (Fsp3) is 0.333. The third-order valence-corrected chi connectivity index (χ3v) is 6.91. The van der Waals surface area contributed by atoms with Gasteiger partial charge in [-0.2, -0.15) is 0 Å². The first kappa shape index (κ1) is 22.0. The fourth-order valence-corrected chi connectivity index (χ4v) is 4.74. The predicted molar refractivity (Wildman–Crippen MR) is 119 cm³/mol. The van der Waals surface area contributed by atoms with Gasteiger partial charge in [0.05, 0.1) is 18.4 Å². The van der Waals surface area contributed by atoms with Crippen LogP contribution in [0.15, 0.2) is 35.5 Å². The average Bonchev–Trinajstić information content (AvgIpc) is 3.23. The van der Waals surface area contributed by atoms with E-state index in [1.165, 1.54) is 35.8 Å². The Bertz CT molecular complexity index is 1040. The Morgan fingerprint density at radius 3 is 2.60 bits per heavy atom. The van der Waals surface area contributed by atoms with E-state index >= 15 is 0 Å². The number of amides is 1. The highest BCUT2D eigenvalue weighted by molar-refractivity contribution is 7.99. The molecule has 0 aliphatic carbocycles. The van der Waals surface area contributed by atoms with Gasteiger partial charge in [-0.05, 0) is 31.4 Å². The van der Waals surface area contributed by atoms with Crippen LogP contribution in [0.4, 0.5) is 5.00 Å². The van der Waals surface area contributed by atoms with Crippen LogP contribution in [0.2, 0.25) is 0 Å². The number of anilines is 1. The van der Waals surface area contributed by atoms with Crippen LogP contribution in [0.1, 0.15) is 32.2 Å². The summed E-state index contributed by atoms with van der Waals surface area (Å²) < 4.78 is 6.76. The molecule has 0 spiro atoms. The SMILES string of the molecule is COC(=O)c1c(NC(=O)CSc2nnc(CCc3ccccc3)n2C)sc(C)c1C. The number of aromatic nitrogens is 3. The van der Waals surface area contributed by atoms with E-state index in [2.05, 4.69) is 27.6 Å². The minimum Gasteiger partial charge on any atom is -0.465 e. The molecule has 1 amide bonds. The van der Waals surface area contributed by atoms with E-state index in [4.69, 9.17) is 4.74 Å². The molecule has 0 fully saturated rings. The molecular formula is C21H24N4O3S2. The monoisotopic (exact) mass is 444 g/mol. The first-order valence-corrected chi connectivity index (χ1v) is 11.2. The van der Waals surface area contributed by atoms with Gasteiger partial charge in [0, 0.05) is 18.3 Å². The Kier molecular flexibility index (Phi) is 7.28. The number of esters is 1. The molecule has 158 valence electrons. The third kappa shape index (κ3) is 5.09.